The molecule has 4 rings (SSSR count). The summed E-state index contributed by atoms with van der Waals surface area (Å²) in [5.41, 5.74) is 1.50. The number of amides is 1. The summed E-state index contributed by atoms with van der Waals surface area (Å²) in [4.78, 5) is 38.5. The van der Waals surface area contributed by atoms with Gasteiger partial charge < -0.3 is 10.4 Å². The van der Waals surface area contributed by atoms with Gasteiger partial charge in [-0.3, -0.25) is 14.4 Å². The number of carboxylic acids is 1. The van der Waals surface area contributed by atoms with E-state index in [1.165, 1.54) is 0 Å². The van der Waals surface area contributed by atoms with Crippen molar-refractivity contribution in [3.05, 3.63) is 20.9 Å². The maximum atomic E-state index is 12.8. The highest BCUT2D eigenvalue weighted by molar-refractivity contribution is 7.12. The van der Waals surface area contributed by atoms with E-state index in [0.717, 1.165) is 41.0 Å². The molecule has 134 valence electrons. The van der Waals surface area contributed by atoms with Crippen LogP contribution in [0.25, 0.3) is 0 Å². The van der Waals surface area contributed by atoms with Crippen LogP contribution in [0.4, 0.5) is 0 Å². The van der Waals surface area contributed by atoms with Crippen molar-refractivity contribution in [1.29, 1.82) is 0 Å². The molecule has 2 fully saturated rings. The van der Waals surface area contributed by atoms with Crippen LogP contribution < -0.4 is 5.32 Å². The van der Waals surface area contributed by atoms with E-state index in [1.807, 2.05) is 0 Å². The molecule has 0 saturated heterocycles. The number of hydrogen-bond donors (Lipinski definition) is 2. The lowest BCUT2D eigenvalue weighted by Gasteiger charge is -2.19. The van der Waals surface area contributed by atoms with Gasteiger partial charge in [-0.2, -0.15) is 0 Å². The maximum Gasteiger partial charge on any atom is 0.306 e. The normalized spacial score (nSPS) is 22.3. The Bertz CT molecular complexity index is 730. The second-order valence-corrected chi connectivity index (χ2v) is 8.84. The van der Waals surface area contributed by atoms with Crippen LogP contribution in [0.3, 0.4) is 0 Å². The lowest BCUT2D eigenvalue weighted by atomic mass is 9.85. The molecular weight excluding hydrogens is 338 g/mol. The minimum atomic E-state index is -0.795. The number of nitrogens with one attached hydrogen (secondary N) is 1. The summed E-state index contributed by atoms with van der Waals surface area (Å²) in [5, 5.41) is 12.4. The van der Waals surface area contributed by atoms with Crippen molar-refractivity contribution in [2.75, 3.05) is 6.54 Å². The van der Waals surface area contributed by atoms with E-state index in [9.17, 15) is 19.5 Å². The number of fused-ring (bicyclic) bond motifs is 1. The molecule has 1 unspecified atom stereocenters. The monoisotopic (exact) mass is 361 g/mol. The average Bonchev–Trinajstić information content (AvgIpc) is 3.48. The van der Waals surface area contributed by atoms with Crippen molar-refractivity contribution in [2.45, 2.75) is 51.4 Å². The summed E-state index contributed by atoms with van der Waals surface area (Å²) in [5.74, 6) is -0.352. The zero-order chi connectivity index (χ0) is 17.6. The van der Waals surface area contributed by atoms with Crippen LogP contribution >= 0.6 is 11.3 Å². The van der Waals surface area contributed by atoms with E-state index < -0.39 is 11.9 Å². The minimum Gasteiger partial charge on any atom is -0.481 e. The molecule has 5 nitrogen and oxygen atoms in total. The largest absolute Gasteiger partial charge is 0.481 e. The van der Waals surface area contributed by atoms with Gasteiger partial charge in [0, 0.05) is 28.6 Å². The molecule has 0 radical (unpaired) electrons. The van der Waals surface area contributed by atoms with Crippen LogP contribution in [0, 0.1) is 17.8 Å². The third-order valence-electron chi connectivity index (χ3n) is 5.53. The van der Waals surface area contributed by atoms with Gasteiger partial charge in [0.05, 0.1) is 11.5 Å². The van der Waals surface area contributed by atoms with Crippen LogP contribution in [0.5, 0.6) is 0 Å². The van der Waals surface area contributed by atoms with E-state index in [4.69, 9.17) is 0 Å². The third-order valence-corrected chi connectivity index (χ3v) is 6.82. The molecular formula is C19H23NO4S. The number of Topliss-reactive ketones (excluding diaryl/α,β-unsaturated/α-hetero) is 1. The number of carbonyl (C=O) groups is 3. The van der Waals surface area contributed by atoms with Crippen molar-refractivity contribution in [3.8, 4) is 0 Å². The zero-order valence-corrected chi connectivity index (χ0v) is 15.0. The molecule has 3 aliphatic carbocycles. The Morgan fingerprint density at radius 1 is 1.08 bits per heavy atom. The highest BCUT2D eigenvalue weighted by atomic mass is 32.1. The highest BCUT2D eigenvalue weighted by Gasteiger charge is 2.35. The van der Waals surface area contributed by atoms with Gasteiger partial charge in [-0.15, -0.1) is 11.3 Å². The molecule has 2 N–H and O–H groups in total. The fourth-order valence-electron chi connectivity index (χ4n) is 3.59. The van der Waals surface area contributed by atoms with Gasteiger partial charge in [0.15, 0.2) is 0 Å². The first-order chi connectivity index (χ1) is 12.0. The molecule has 1 aromatic heterocycles. The van der Waals surface area contributed by atoms with Gasteiger partial charge in [-0.1, -0.05) is 0 Å². The Hall–Kier alpha value is -1.69. The summed E-state index contributed by atoms with van der Waals surface area (Å²) in [6.45, 7) is 0.682. The van der Waals surface area contributed by atoms with E-state index in [0.29, 0.717) is 43.7 Å². The minimum absolute atomic E-state index is 0.117. The summed E-state index contributed by atoms with van der Waals surface area (Å²) in [6, 6.07) is 0. The molecule has 6 heteroatoms. The lowest BCUT2D eigenvalue weighted by molar-refractivity contribution is -0.142. The molecule has 1 atom stereocenters. The highest BCUT2D eigenvalue weighted by Crippen LogP contribution is 2.39. The van der Waals surface area contributed by atoms with Crippen molar-refractivity contribution in [1.82, 2.24) is 5.32 Å². The molecule has 2 saturated carbocycles. The van der Waals surface area contributed by atoms with Crippen LogP contribution in [-0.4, -0.2) is 29.3 Å². The number of aliphatic carboxylic acids is 1. The summed E-state index contributed by atoms with van der Waals surface area (Å²) in [6.07, 6.45) is 6.30. The fraction of sp³-hybridized carbons (Fsp3) is 0.632. The molecule has 0 bridgehead atoms. The van der Waals surface area contributed by atoms with E-state index in [2.05, 4.69) is 5.32 Å². The molecule has 0 aliphatic heterocycles. The Balaban J connectivity index is 1.61. The van der Waals surface area contributed by atoms with Crippen LogP contribution in [0.15, 0.2) is 0 Å². The first-order valence-electron chi connectivity index (χ1n) is 9.20. The standard InChI is InChI=1S/C19H23NO4S/c21-14(11-3-4-11)8-16-17(18(22)20-9-10-1-2-10)13-7-12(19(23)24)5-6-15(13)25-16/h10-12H,1-9H2,(H,20,22)(H,23,24). The molecule has 0 aromatic carbocycles. The Kier molecular flexibility index (Phi) is 4.40. The number of rotatable bonds is 7. The number of thiophene rings is 1. The maximum absolute atomic E-state index is 12.8. The average molecular weight is 361 g/mol. The van der Waals surface area contributed by atoms with Gasteiger partial charge in [-0.05, 0) is 56.4 Å². The van der Waals surface area contributed by atoms with Crippen molar-refractivity contribution < 1.29 is 19.5 Å². The lowest BCUT2D eigenvalue weighted by Crippen LogP contribution is -2.29. The molecule has 0 spiro atoms. The van der Waals surface area contributed by atoms with Gasteiger partial charge in [0.25, 0.3) is 5.91 Å². The van der Waals surface area contributed by atoms with E-state index >= 15 is 0 Å². The van der Waals surface area contributed by atoms with Crippen LogP contribution in [-0.2, 0) is 28.9 Å². The van der Waals surface area contributed by atoms with Gasteiger partial charge in [-0.25, -0.2) is 0 Å². The van der Waals surface area contributed by atoms with Gasteiger partial charge in [0.1, 0.15) is 5.78 Å². The third kappa shape index (κ3) is 3.64. The second-order valence-electron chi connectivity index (χ2n) is 7.65. The van der Waals surface area contributed by atoms with Crippen molar-refractivity contribution >= 4 is 29.0 Å². The Morgan fingerprint density at radius 2 is 1.84 bits per heavy atom. The second kappa shape index (κ2) is 6.56. The predicted molar refractivity (Wildman–Crippen MR) is 94.0 cm³/mol. The van der Waals surface area contributed by atoms with Crippen molar-refractivity contribution in [2.24, 2.45) is 17.8 Å². The zero-order valence-electron chi connectivity index (χ0n) is 14.2. The number of aryl methyl sites for hydroxylation is 1. The Morgan fingerprint density at radius 3 is 2.48 bits per heavy atom. The molecule has 1 amide bonds. The first kappa shape index (κ1) is 16.8. The summed E-state index contributed by atoms with van der Waals surface area (Å²) >= 11 is 1.55. The van der Waals surface area contributed by atoms with Crippen LogP contribution in [0.1, 0.15) is 57.8 Å². The predicted octanol–water partition coefficient (Wildman–Crippen LogP) is 2.60. The van der Waals surface area contributed by atoms with E-state index in [-0.39, 0.29) is 17.6 Å². The molecule has 1 aromatic rings. The topological polar surface area (TPSA) is 83.5 Å². The fourth-order valence-corrected chi connectivity index (χ4v) is 4.95. The van der Waals surface area contributed by atoms with Gasteiger partial charge >= 0.3 is 5.97 Å². The smallest absolute Gasteiger partial charge is 0.306 e. The first-order valence-corrected chi connectivity index (χ1v) is 10.0. The van der Waals surface area contributed by atoms with Gasteiger partial charge in [0.2, 0.25) is 0 Å². The summed E-state index contributed by atoms with van der Waals surface area (Å²) in [7, 11) is 0. The summed E-state index contributed by atoms with van der Waals surface area (Å²) < 4.78 is 0. The van der Waals surface area contributed by atoms with Crippen molar-refractivity contribution in [3.63, 3.8) is 0 Å². The van der Waals surface area contributed by atoms with Crippen LogP contribution in [0.2, 0.25) is 0 Å². The number of carbonyl (C=O) groups excluding carboxylic acids is 2. The number of ketones is 1. The molecule has 25 heavy (non-hydrogen) atoms. The SMILES string of the molecule is O=C(NCC1CC1)c1c(CC(=O)C2CC2)sc2c1CC(C(=O)O)CC2. The molecule has 3 aliphatic rings. The number of hydrogen-bond acceptors (Lipinski definition) is 4. The van der Waals surface area contributed by atoms with E-state index in [1.54, 1.807) is 11.3 Å². The Labute approximate surface area is 150 Å². The quantitative estimate of drug-likeness (QED) is 0.782. The number of carboxylic acid groups (broad SMARTS) is 1. The molecule has 1 heterocycles.